The zero-order valence-electron chi connectivity index (χ0n) is 12.1. The zero-order chi connectivity index (χ0) is 15.6. The maximum Gasteiger partial charge on any atom is 0.337 e. The number of carbonyl (C=O) groups excluding carboxylic acids is 1. The highest BCUT2D eigenvalue weighted by molar-refractivity contribution is 6.31. The molecule has 0 aromatic heterocycles. The maximum absolute atomic E-state index is 12.7. The van der Waals surface area contributed by atoms with Crippen molar-refractivity contribution in [2.45, 2.75) is 20.3 Å². The molecule has 0 spiro atoms. The SMILES string of the molecule is CC(C)C1(C(=O)Nc2ccc(Cl)cc2C(=O)O)CCNC1. The molecule has 1 atom stereocenters. The van der Waals surface area contributed by atoms with E-state index in [2.05, 4.69) is 10.6 Å². The highest BCUT2D eigenvalue weighted by atomic mass is 35.5. The fourth-order valence-electron chi connectivity index (χ4n) is 2.71. The lowest BCUT2D eigenvalue weighted by Crippen LogP contribution is -2.42. The summed E-state index contributed by atoms with van der Waals surface area (Å²) in [6.45, 7) is 5.41. The van der Waals surface area contributed by atoms with E-state index in [1.807, 2.05) is 13.8 Å². The van der Waals surface area contributed by atoms with Gasteiger partial charge in [0, 0.05) is 11.6 Å². The van der Waals surface area contributed by atoms with E-state index in [4.69, 9.17) is 11.6 Å². The molecule has 5 nitrogen and oxygen atoms in total. The summed E-state index contributed by atoms with van der Waals surface area (Å²) in [7, 11) is 0. The third-order valence-electron chi connectivity index (χ3n) is 4.21. The molecule has 3 N–H and O–H groups in total. The molecule has 0 aliphatic carbocycles. The monoisotopic (exact) mass is 310 g/mol. The smallest absolute Gasteiger partial charge is 0.337 e. The molecule has 0 bridgehead atoms. The first-order valence-electron chi connectivity index (χ1n) is 6.92. The van der Waals surface area contributed by atoms with E-state index < -0.39 is 11.4 Å². The lowest BCUT2D eigenvalue weighted by molar-refractivity contribution is -0.126. The third kappa shape index (κ3) is 3.04. The van der Waals surface area contributed by atoms with Crippen molar-refractivity contribution < 1.29 is 14.7 Å². The van der Waals surface area contributed by atoms with Crippen LogP contribution < -0.4 is 10.6 Å². The summed E-state index contributed by atoms with van der Waals surface area (Å²) in [5.41, 5.74) is -0.223. The van der Waals surface area contributed by atoms with Crippen LogP contribution in [-0.2, 0) is 4.79 Å². The summed E-state index contributed by atoms with van der Waals surface area (Å²) in [5, 5.41) is 15.5. The van der Waals surface area contributed by atoms with E-state index in [9.17, 15) is 14.7 Å². The first-order valence-corrected chi connectivity index (χ1v) is 7.29. The molecule has 1 heterocycles. The highest BCUT2D eigenvalue weighted by Crippen LogP contribution is 2.36. The van der Waals surface area contributed by atoms with Crippen LogP contribution in [0.25, 0.3) is 0 Å². The van der Waals surface area contributed by atoms with Crippen molar-refractivity contribution in [1.29, 1.82) is 0 Å². The van der Waals surface area contributed by atoms with E-state index in [0.717, 1.165) is 13.0 Å². The lowest BCUT2D eigenvalue weighted by Gasteiger charge is -2.31. The molecule has 0 saturated carbocycles. The standard InChI is InChI=1S/C15H19ClN2O3/c1-9(2)15(5-6-17-8-15)14(21)18-12-4-3-10(16)7-11(12)13(19)20/h3-4,7,9,17H,5-6,8H2,1-2H3,(H,18,21)(H,19,20). The minimum Gasteiger partial charge on any atom is -0.478 e. The number of nitrogens with one attached hydrogen (secondary N) is 2. The van der Waals surface area contributed by atoms with Crippen molar-refractivity contribution in [3.05, 3.63) is 28.8 Å². The molecule has 1 saturated heterocycles. The summed E-state index contributed by atoms with van der Waals surface area (Å²) < 4.78 is 0. The third-order valence-corrected chi connectivity index (χ3v) is 4.44. The van der Waals surface area contributed by atoms with Crippen molar-refractivity contribution in [3.8, 4) is 0 Å². The van der Waals surface area contributed by atoms with Gasteiger partial charge in [-0.25, -0.2) is 4.79 Å². The van der Waals surface area contributed by atoms with Crippen LogP contribution in [0.4, 0.5) is 5.69 Å². The number of hydrogen-bond donors (Lipinski definition) is 3. The maximum atomic E-state index is 12.7. The second kappa shape index (κ2) is 6.03. The topological polar surface area (TPSA) is 78.4 Å². The summed E-state index contributed by atoms with van der Waals surface area (Å²) in [5.74, 6) is -1.10. The zero-order valence-corrected chi connectivity index (χ0v) is 12.8. The van der Waals surface area contributed by atoms with Crippen LogP contribution in [0.1, 0.15) is 30.6 Å². The van der Waals surface area contributed by atoms with Crippen LogP contribution >= 0.6 is 11.6 Å². The number of carboxylic acid groups (broad SMARTS) is 1. The minimum absolute atomic E-state index is 0.000659. The van der Waals surface area contributed by atoms with E-state index in [1.54, 1.807) is 6.07 Å². The molecule has 0 radical (unpaired) electrons. The number of anilines is 1. The van der Waals surface area contributed by atoms with Crippen LogP contribution in [0.5, 0.6) is 0 Å². The van der Waals surface area contributed by atoms with Gasteiger partial charge >= 0.3 is 5.97 Å². The molecular formula is C15H19ClN2O3. The Bertz CT molecular complexity index is 566. The normalized spacial score (nSPS) is 21.5. The number of hydrogen-bond acceptors (Lipinski definition) is 3. The number of aromatic carboxylic acids is 1. The molecule has 1 aromatic rings. The lowest BCUT2D eigenvalue weighted by atomic mass is 9.75. The average molecular weight is 311 g/mol. The first-order chi connectivity index (χ1) is 9.86. The summed E-state index contributed by atoms with van der Waals surface area (Å²) in [6, 6.07) is 4.44. The van der Waals surface area contributed by atoms with Crippen molar-refractivity contribution in [2.75, 3.05) is 18.4 Å². The molecule has 2 rings (SSSR count). The Morgan fingerprint density at radius 3 is 2.67 bits per heavy atom. The van der Waals surface area contributed by atoms with Crippen LogP contribution in [0.2, 0.25) is 5.02 Å². The molecule has 1 aliphatic rings. The van der Waals surface area contributed by atoms with Gasteiger partial charge in [-0.2, -0.15) is 0 Å². The number of benzene rings is 1. The molecule has 6 heteroatoms. The summed E-state index contributed by atoms with van der Waals surface area (Å²) >= 11 is 5.82. The average Bonchev–Trinajstić information content (AvgIpc) is 2.91. The van der Waals surface area contributed by atoms with Gasteiger partial charge in [0.2, 0.25) is 5.91 Å². The Morgan fingerprint density at radius 2 is 2.14 bits per heavy atom. The summed E-state index contributed by atoms with van der Waals surface area (Å²) in [6.07, 6.45) is 0.743. The van der Waals surface area contributed by atoms with Crippen molar-refractivity contribution in [2.24, 2.45) is 11.3 Å². The first kappa shape index (κ1) is 15.8. The van der Waals surface area contributed by atoms with Crippen LogP contribution in [0, 0.1) is 11.3 Å². The molecule has 1 amide bonds. The van der Waals surface area contributed by atoms with Gasteiger partial charge in [-0.15, -0.1) is 0 Å². The van der Waals surface area contributed by atoms with Crippen LogP contribution in [-0.4, -0.2) is 30.1 Å². The van der Waals surface area contributed by atoms with E-state index >= 15 is 0 Å². The Kier molecular flexibility index (Phi) is 4.54. The van der Waals surface area contributed by atoms with Crippen LogP contribution in [0.3, 0.4) is 0 Å². The molecule has 1 aromatic carbocycles. The van der Waals surface area contributed by atoms with Gasteiger partial charge in [-0.3, -0.25) is 4.79 Å². The molecule has 21 heavy (non-hydrogen) atoms. The molecular weight excluding hydrogens is 292 g/mol. The second-order valence-corrected chi connectivity index (χ2v) is 6.12. The van der Waals surface area contributed by atoms with E-state index in [-0.39, 0.29) is 23.1 Å². The van der Waals surface area contributed by atoms with Gasteiger partial charge in [0.1, 0.15) is 0 Å². The van der Waals surface area contributed by atoms with Crippen molar-refractivity contribution >= 4 is 29.2 Å². The fourth-order valence-corrected chi connectivity index (χ4v) is 2.88. The predicted octanol–water partition coefficient (Wildman–Crippen LogP) is 2.61. The molecule has 1 fully saturated rings. The van der Waals surface area contributed by atoms with Crippen molar-refractivity contribution in [3.63, 3.8) is 0 Å². The molecule has 114 valence electrons. The largest absolute Gasteiger partial charge is 0.478 e. The molecule has 1 aliphatic heterocycles. The quantitative estimate of drug-likeness (QED) is 0.799. The van der Waals surface area contributed by atoms with Crippen molar-refractivity contribution in [1.82, 2.24) is 5.32 Å². The predicted molar refractivity (Wildman–Crippen MR) is 81.8 cm³/mol. The van der Waals surface area contributed by atoms with Gasteiger partial charge in [-0.05, 0) is 37.1 Å². The number of carboxylic acids is 1. The van der Waals surface area contributed by atoms with E-state index in [0.29, 0.717) is 11.6 Å². The van der Waals surface area contributed by atoms with Crippen LogP contribution in [0.15, 0.2) is 18.2 Å². The Morgan fingerprint density at radius 1 is 1.43 bits per heavy atom. The number of amides is 1. The van der Waals surface area contributed by atoms with Gasteiger partial charge in [-0.1, -0.05) is 25.4 Å². The molecule has 1 unspecified atom stereocenters. The Balaban J connectivity index is 2.29. The van der Waals surface area contributed by atoms with Gasteiger partial charge in [0.25, 0.3) is 0 Å². The van der Waals surface area contributed by atoms with E-state index in [1.165, 1.54) is 12.1 Å². The second-order valence-electron chi connectivity index (χ2n) is 5.69. The Labute approximate surface area is 128 Å². The summed E-state index contributed by atoms with van der Waals surface area (Å²) in [4.78, 5) is 23.9. The fraction of sp³-hybridized carbons (Fsp3) is 0.467. The number of halogens is 1. The van der Waals surface area contributed by atoms with Gasteiger partial charge < -0.3 is 15.7 Å². The van der Waals surface area contributed by atoms with Gasteiger partial charge in [0.05, 0.1) is 16.7 Å². The number of carbonyl (C=O) groups is 2. The Hall–Kier alpha value is -1.59. The highest BCUT2D eigenvalue weighted by Gasteiger charge is 2.44. The minimum atomic E-state index is -1.11. The number of rotatable bonds is 4. The van der Waals surface area contributed by atoms with Gasteiger partial charge in [0.15, 0.2) is 0 Å².